The van der Waals surface area contributed by atoms with Crippen molar-refractivity contribution in [2.75, 3.05) is 5.73 Å². The third-order valence-electron chi connectivity index (χ3n) is 2.59. The molecule has 0 radical (unpaired) electrons. The monoisotopic (exact) mass is 284 g/mol. The highest BCUT2D eigenvalue weighted by Crippen LogP contribution is 2.21. The highest BCUT2D eigenvalue weighted by atomic mass is 32.2. The number of anilines is 1. The second kappa shape index (κ2) is 4.98. The zero-order chi connectivity index (χ0) is 14.0. The molecular formula is C11H13FN4O2S. The number of nitrogen functional groups attached to an aromatic ring is 1. The standard InChI is InChI=1S/C11H13FN4O2S/c1-7-2-9(12)10(13)3-11(7)19(17,18)16-5-8-4-14-6-15-8/h2-4,6,16H,5,13H2,1H3,(H,14,15). The molecule has 0 amide bonds. The first-order chi connectivity index (χ1) is 8.90. The predicted molar refractivity (Wildman–Crippen MR) is 68.2 cm³/mol. The smallest absolute Gasteiger partial charge is 0.241 e. The van der Waals surface area contributed by atoms with Gasteiger partial charge in [0.05, 0.1) is 23.5 Å². The summed E-state index contributed by atoms with van der Waals surface area (Å²) in [6.07, 6.45) is 2.96. The van der Waals surface area contributed by atoms with Crippen molar-refractivity contribution in [3.05, 3.63) is 41.7 Å². The Morgan fingerprint density at radius 2 is 2.21 bits per heavy atom. The molecule has 0 unspecified atom stereocenters. The van der Waals surface area contributed by atoms with E-state index in [4.69, 9.17) is 5.73 Å². The van der Waals surface area contributed by atoms with Crippen molar-refractivity contribution in [3.8, 4) is 0 Å². The van der Waals surface area contributed by atoms with Gasteiger partial charge in [-0.1, -0.05) is 0 Å². The van der Waals surface area contributed by atoms with Gasteiger partial charge in [0.1, 0.15) is 5.82 Å². The van der Waals surface area contributed by atoms with E-state index in [9.17, 15) is 12.8 Å². The fraction of sp³-hybridized carbons (Fsp3) is 0.182. The summed E-state index contributed by atoms with van der Waals surface area (Å²) in [6, 6.07) is 2.21. The number of aromatic nitrogens is 2. The van der Waals surface area contributed by atoms with Gasteiger partial charge in [-0.25, -0.2) is 22.5 Å². The van der Waals surface area contributed by atoms with E-state index >= 15 is 0 Å². The van der Waals surface area contributed by atoms with Gasteiger partial charge in [-0.15, -0.1) is 0 Å². The lowest BCUT2D eigenvalue weighted by Gasteiger charge is -2.10. The Labute approximate surface area is 109 Å². The largest absolute Gasteiger partial charge is 0.396 e. The number of imidazole rings is 1. The Kier molecular flexibility index (Phi) is 3.54. The van der Waals surface area contributed by atoms with Crippen molar-refractivity contribution in [2.24, 2.45) is 0 Å². The number of aromatic amines is 1. The fourth-order valence-corrected chi connectivity index (χ4v) is 2.86. The molecule has 0 aliphatic rings. The lowest BCUT2D eigenvalue weighted by atomic mass is 10.2. The van der Waals surface area contributed by atoms with Gasteiger partial charge in [0.25, 0.3) is 0 Å². The van der Waals surface area contributed by atoms with Gasteiger partial charge in [-0.05, 0) is 24.6 Å². The molecule has 102 valence electrons. The van der Waals surface area contributed by atoms with Gasteiger partial charge in [-0.2, -0.15) is 0 Å². The Bertz CT molecular complexity index is 683. The second-order valence-electron chi connectivity index (χ2n) is 4.04. The van der Waals surface area contributed by atoms with Gasteiger partial charge in [0.2, 0.25) is 10.0 Å². The van der Waals surface area contributed by atoms with Crippen LogP contribution < -0.4 is 10.5 Å². The van der Waals surface area contributed by atoms with Crippen molar-refractivity contribution in [2.45, 2.75) is 18.4 Å². The Hall–Kier alpha value is -1.93. The maximum absolute atomic E-state index is 13.2. The van der Waals surface area contributed by atoms with E-state index in [1.54, 1.807) is 0 Å². The molecule has 0 aliphatic carbocycles. The zero-order valence-corrected chi connectivity index (χ0v) is 11.0. The van der Waals surface area contributed by atoms with E-state index < -0.39 is 15.8 Å². The molecule has 2 rings (SSSR count). The van der Waals surface area contributed by atoms with Crippen LogP contribution >= 0.6 is 0 Å². The number of nitrogens with zero attached hydrogens (tertiary/aromatic N) is 1. The summed E-state index contributed by atoms with van der Waals surface area (Å²) >= 11 is 0. The van der Waals surface area contributed by atoms with Crippen molar-refractivity contribution in [1.29, 1.82) is 0 Å². The number of hydrogen-bond acceptors (Lipinski definition) is 4. The Morgan fingerprint density at radius 1 is 1.47 bits per heavy atom. The molecule has 19 heavy (non-hydrogen) atoms. The molecule has 0 fully saturated rings. The molecule has 6 nitrogen and oxygen atoms in total. The number of rotatable bonds is 4. The van der Waals surface area contributed by atoms with Crippen molar-refractivity contribution >= 4 is 15.7 Å². The minimum atomic E-state index is -3.75. The average molecular weight is 284 g/mol. The van der Waals surface area contributed by atoms with Crippen LogP contribution in [-0.2, 0) is 16.6 Å². The first-order valence-electron chi connectivity index (χ1n) is 5.42. The third kappa shape index (κ3) is 2.91. The number of H-pyrrole nitrogens is 1. The molecule has 0 saturated carbocycles. The average Bonchev–Trinajstić information content (AvgIpc) is 2.84. The molecule has 1 heterocycles. The molecule has 4 N–H and O–H groups in total. The molecule has 8 heteroatoms. The molecule has 1 aromatic carbocycles. The third-order valence-corrected chi connectivity index (χ3v) is 4.13. The Balaban J connectivity index is 2.27. The summed E-state index contributed by atoms with van der Waals surface area (Å²) in [4.78, 5) is 6.52. The first kappa shape index (κ1) is 13.5. The van der Waals surface area contributed by atoms with Gasteiger partial charge >= 0.3 is 0 Å². The molecule has 0 spiro atoms. The molecule has 1 aromatic heterocycles. The van der Waals surface area contributed by atoms with Crippen LogP contribution in [0.3, 0.4) is 0 Å². The van der Waals surface area contributed by atoms with E-state index in [0.29, 0.717) is 11.3 Å². The summed E-state index contributed by atoms with van der Waals surface area (Å²) in [5, 5.41) is 0. The zero-order valence-electron chi connectivity index (χ0n) is 10.1. The number of benzene rings is 1. The van der Waals surface area contributed by atoms with Crippen LogP contribution in [0.4, 0.5) is 10.1 Å². The summed E-state index contributed by atoms with van der Waals surface area (Å²) in [5.74, 6) is -0.634. The maximum Gasteiger partial charge on any atom is 0.241 e. The fourth-order valence-electron chi connectivity index (χ4n) is 1.59. The summed E-state index contributed by atoms with van der Waals surface area (Å²) < 4.78 is 39.8. The van der Waals surface area contributed by atoms with E-state index in [1.165, 1.54) is 19.4 Å². The number of nitrogens with two attached hydrogens (primary N) is 1. The molecule has 0 saturated heterocycles. The first-order valence-corrected chi connectivity index (χ1v) is 6.91. The lowest BCUT2D eigenvalue weighted by Crippen LogP contribution is -2.24. The van der Waals surface area contributed by atoms with Crippen molar-refractivity contribution in [1.82, 2.24) is 14.7 Å². The van der Waals surface area contributed by atoms with Crippen molar-refractivity contribution in [3.63, 3.8) is 0 Å². The van der Waals surface area contributed by atoms with Gasteiger partial charge < -0.3 is 10.7 Å². The summed E-state index contributed by atoms with van der Waals surface area (Å²) in [7, 11) is -3.75. The van der Waals surface area contributed by atoms with Crippen LogP contribution in [0.15, 0.2) is 29.6 Å². The van der Waals surface area contributed by atoms with Gasteiger partial charge in [0.15, 0.2) is 0 Å². The minimum absolute atomic E-state index is 0.0362. The van der Waals surface area contributed by atoms with Crippen LogP contribution in [0.5, 0.6) is 0 Å². The van der Waals surface area contributed by atoms with Crippen LogP contribution in [0.25, 0.3) is 0 Å². The molecular weight excluding hydrogens is 271 g/mol. The van der Waals surface area contributed by atoms with Gasteiger partial charge in [0, 0.05) is 11.9 Å². The highest BCUT2D eigenvalue weighted by molar-refractivity contribution is 7.89. The quantitative estimate of drug-likeness (QED) is 0.727. The number of hydrogen-bond donors (Lipinski definition) is 3. The molecule has 0 bridgehead atoms. The highest BCUT2D eigenvalue weighted by Gasteiger charge is 2.18. The molecule has 0 aliphatic heterocycles. The van der Waals surface area contributed by atoms with E-state index in [-0.39, 0.29) is 17.1 Å². The van der Waals surface area contributed by atoms with Crippen LogP contribution in [-0.4, -0.2) is 18.4 Å². The lowest BCUT2D eigenvalue weighted by molar-refractivity contribution is 0.579. The summed E-state index contributed by atoms with van der Waals surface area (Å²) in [5.41, 5.74) is 6.11. The number of aryl methyl sites for hydroxylation is 1. The predicted octanol–water partition coefficient (Wildman–Crippen LogP) is 0.918. The van der Waals surface area contributed by atoms with Crippen molar-refractivity contribution < 1.29 is 12.8 Å². The van der Waals surface area contributed by atoms with Crippen LogP contribution in [0.1, 0.15) is 11.3 Å². The van der Waals surface area contributed by atoms with E-state index in [0.717, 1.165) is 12.1 Å². The van der Waals surface area contributed by atoms with E-state index in [1.807, 2.05) is 0 Å². The number of sulfonamides is 1. The van der Waals surface area contributed by atoms with Crippen LogP contribution in [0, 0.1) is 12.7 Å². The second-order valence-corrected chi connectivity index (χ2v) is 5.78. The van der Waals surface area contributed by atoms with Crippen LogP contribution in [0.2, 0.25) is 0 Å². The SMILES string of the molecule is Cc1cc(F)c(N)cc1S(=O)(=O)NCc1cnc[nH]1. The molecule has 2 aromatic rings. The Morgan fingerprint density at radius 3 is 2.84 bits per heavy atom. The van der Waals surface area contributed by atoms with Gasteiger partial charge in [-0.3, -0.25) is 0 Å². The molecule has 0 atom stereocenters. The number of nitrogens with one attached hydrogen (secondary N) is 2. The minimum Gasteiger partial charge on any atom is -0.396 e. The normalized spacial score (nSPS) is 11.7. The maximum atomic E-state index is 13.2. The summed E-state index contributed by atoms with van der Waals surface area (Å²) in [6.45, 7) is 1.58. The number of halogens is 1. The topological polar surface area (TPSA) is 101 Å². The van der Waals surface area contributed by atoms with E-state index in [2.05, 4.69) is 14.7 Å².